The zero-order chi connectivity index (χ0) is 14.7. The number of rotatable bonds is 5. The number of nitrogens with zero attached hydrogens (tertiary/aromatic N) is 3. The third kappa shape index (κ3) is 2.95. The Morgan fingerprint density at radius 2 is 2.14 bits per heavy atom. The van der Waals surface area contributed by atoms with Crippen molar-refractivity contribution in [2.45, 2.75) is 44.9 Å². The summed E-state index contributed by atoms with van der Waals surface area (Å²) in [6.07, 6.45) is 8.13. The van der Waals surface area contributed by atoms with E-state index in [2.05, 4.69) is 16.1 Å². The van der Waals surface area contributed by atoms with E-state index < -0.39 is 0 Å². The molecule has 21 heavy (non-hydrogen) atoms. The van der Waals surface area contributed by atoms with Gasteiger partial charge in [-0.3, -0.25) is 4.90 Å². The van der Waals surface area contributed by atoms with Crippen LogP contribution >= 0.6 is 0 Å². The Labute approximate surface area is 124 Å². The van der Waals surface area contributed by atoms with Gasteiger partial charge >= 0.3 is 0 Å². The number of aliphatic hydroxyl groups excluding tert-OH is 2. The average molecular weight is 289 g/mol. The molecule has 1 atom stereocenters. The van der Waals surface area contributed by atoms with Gasteiger partial charge in [-0.25, -0.2) is 4.52 Å². The van der Waals surface area contributed by atoms with Crippen LogP contribution in [0.1, 0.15) is 36.8 Å². The Morgan fingerprint density at radius 3 is 2.95 bits per heavy atom. The van der Waals surface area contributed by atoms with E-state index >= 15 is 0 Å². The SMILES string of the molecule is OCCC1CCCCN1Cc1cccn2ncc(CO)c12. The van der Waals surface area contributed by atoms with Crippen LogP contribution < -0.4 is 0 Å². The molecule has 2 N–H and O–H groups in total. The second kappa shape index (κ2) is 6.56. The van der Waals surface area contributed by atoms with Crippen LogP contribution in [0.3, 0.4) is 0 Å². The van der Waals surface area contributed by atoms with Gasteiger partial charge in [0.05, 0.1) is 18.3 Å². The molecule has 0 amide bonds. The quantitative estimate of drug-likeness (QED) is 0.877. The highest BCUT2D eigenvalue weighted by Crippen LogP contribution is 2.24. The van der Waals surface area contributed by atoms with Crippen LogP contribution in [0.4, 0.5) is 0 Å². The lowest BCUT2D eigenvalue weighted by atomic mass is 9.98. The summed E-state index contributed by atoms with van der Waals surface area (Å²) in [5.74, 6) is 0. The minimum Gasteiger partial charge on any atom is -0.396 e. The first-order chi connectivity index (χ1) is 10.3. The Morgan fingerprint density at radius 1 is 1.24 bits per heavy atom. The van der Waals surface area contributed by atoms with Crippen molar-refractivity contribution < 1.29 is 10.2 Å². The van der Waals surface area contributed by atoms with Crippen molar-refractivity contribution in [2.75, 3.05) is 13.2 Å². The van der Waals surface area contributed by atoms with E-state index in [0.29, 0.717) is 6.04 Å². The molecule has 2 aromatic rings. The third-order valence-corrected chi connectivity index (χ3v) is 4.46. The van der Waals surface area contributed by atoms with Crippen molar-refractivity contribution in [2.24, 2.45) is 0 Å². The molecule has 0 aromatic carbocycles. The van der Waals surface area contributed by atoms with Crippen LogP contribution in [0.5, 0.6) is 0 Å². The van der Waals surface area contributed by atoms with E-state index in [0.717, 1.165) is 37.0 Å². The summed E-state index contributed by atoms with van der Waals surface area (Å²) in [4.78, 5) is 2.46. The molecular formula is C16H23N3O2. The summed E-state index contributed by atoms with van der Waals surface area (Å²) in [6, 6.07) is 4.58. The van der Waals surface area contributed by atoms with Crippen molar-refractivity contribution in [1.82, 2.24) is 14.5 Å². The molecule has 1 aliphatic rings. The first kappa shape index (κ1) is 14.5. The van der Waals surface area contributed by atoms with Crippen LogP contribution in [0.2, 0.25) is 0 Å². The predicted octanol–water partition coefficient (Wildman–Crippen LogP) is 1.56. The van der Waals surface area contributed by atoms with Gasteiger partial charge in [-0.15, -0.1) is 0 Å². The highest BCUT2D eigenvalue weighted by atomic mass is 16.3. The van der Waals surface area contributed by atoms with E-state index in [4.69, 9.17) is 0 Å². The number of aromatic nitrogens is 2. The van der Waals surface area contributed by atoms with E-state index in [1.54, 1.807) is 6.20 Å². The topological polar surface area (TPSA) is 61.0 Å². The van der Waals surface area contributed by atoms with Gasteiger partial charge in [0.25, 0.3) is 0 Å². The molecule has 0 spiro atoms. The molecule has 5 nitrogen and oxygen atoms in total. The van der Waals surface area contributed by atoms with Gasteiger partial charge in [0, 0.05) is 31.0 Å². The van der Waals surface area contributed by atoms with Crippen LogP contribution in [-0.2, 0) is 13.2 Å². The summed E-state index contributed by atoms with van der Waals surface area (Å²) in [5.41, 5.74) is 3.10. The van der Waals surface area contributed by atoms with Gasteiger partial charge in [-0.2, -0.15) is 5.10 Å². The summed E-state index contributed by atoms with van der Waals surface area (Å²) in [6.45, 7) is 2.20. The van der Waals surface area contributed by atoms with E-state index in [9.17, 15) is 10.2 Å². The lowest BCUT2D eigenvalue weighted by Crippen LogP contribution is -2.39. The van der Waals surface area contributed by atoms with Crippen molar-refractivity contribution in [1.29, 1.82) is 0 Å². The number of likely N-dealkylation sites (tertiary alicyclic amines) is 1. The fourth-order valence-electron chi connectivity index (χ4n) is 3.39. The van der Waals surface area contributed by atoms with Crippen molar-refractivity contribution in [3.05, 3.63) is 35.7 Å². The molecule has 3 rings (SSSR count). The van der Waals surface area contributed by atoms with Crippen molar-refractivity contribution in [3.8, 4) is 0 Å². The maximum atomic E-state index is 9.49. The molecule has 1 saturated heterocycles. The lowest BCUT2D eigenvalue weighted by Gasteiger charge is -2.35. The van der Waals surface area contributed by atoms with E-state index in [1.807, 2.05) is 16.8 Å². The summed E-state index contributed by atoms with van der Waals surface area (Å²) >= 11 is 0. The molecule has 1 fully saturated rings. The van der Waals surface area contributed by atoms with Gasteiger partial charge in [-0.05, 0) is 37.4 Å². The monoisotopic (exact) mass is 289 g/mol. The Hall–Kier alpha value is -1.43. The number of piperidine rings is 1. The standard InChI is InChI=1S/C16H23N3O2/c20-9-6-15-5-1-2-7-18(15)11-13-4-3-8-19-16(13)14(12-21)10-17-19/h3-4,8,10,15,20-21H,1-2,5-7,9,11-12H2. The number of hydrogen-bond acceptors (Lipinski definition) is 4. The molecule has 2 aromatic heterocycles. The van der Waals surface area contributed by atoms with Crippen LogP contribution in [-0.4, -0.2) is 43.9 Å². The first-order valence-electron chi connectivity index (χ1n) is 7.73. The smallest absolute Gasteiger partial charge is 0.0761 e. The predicted molar refractivity (Wildman–Crippen MR) is 80.9 cm³/mol. The van der Waals surface area contributed by atoms with E-state index in [1.165, 1.54) is 18.4 Å². The second-order valence-electron chi connectivity index (χ2n) is 5.79. The zero-order valence-electron chi connectivity index (χ0n) is 12.3. The maximum Gasteiger partial charge on any atom is 0.0761 e. The van der Waals surface area contributed by atoms with Gasteiger partial charge < -0.3 is 10.2 Å². The van der Waals surface area contributed by atoms with Crippen LogP contribution in [0.25, 0.3) is 5.52 Å². The fourth-order valence-corrected chi connectivity index (χ4v) is 3.39. The molecule has 114 valence electrons. The number of fused-ring (bicyclic) bond motifs is 1. The van der Waals surface area contributed by atoms with Crippen molar-refractivity contribution >= 4 is 5.52 Å². The Bertz CT molecular complexity index is 594. The summed E-state index contributed by atoms with van der Waals surface area (Å²) in [5, 5.41) is 23.0. The van der Waals surface area contributed by atoms with Gasteiger partial charge in [-0.1, -0.05) is 12.5 Å². The second-order valence-corrected chi connectivity index (χ2v) is 5.79. The minimum atomic E-state index is 0.0145. The van der Waals surface area contributed by atoms with E-state index in [-0.39, 0.29) is 13.2 Å². The number of aliphatic hydroxyl groups is 2. The average Bonchev–Trinajstić information content (AvgIpc) is 2.94. The molecule has 1 aliphatic heterocycles. The minimum absolute atomic E-state index is 0.0145. The molecule has 0 bridgehead atoms. The molecule has 5 heteroatoms. The summed E-state index contributed by atoms with van der Waals surface area (Å²) in [7, 11) is 0. The first-order valence-corrected chi connectivity index (χ1v) is 7.73. The largest absolute Gasteiger partial charge is 0.396 e. The third-order valence-electron chi connectivity index (χ3n) is 4.46. The highest BCUT2D eigenvalue weighted by Gasteiger charge is 2.23. The lowest BCUT2D eigenvalue weighted by molar-refractivity contribution is 0.113. The normalized spacial score (nSPS) is 20.2. The maximum absolute atomic E-state index is 9.49. The molecule has 0 saturated carbocycles. The van der Waals surface area contributed by atoms with Crippen LogP contribution in [0.15, 0.2) is 24.5 Å². The Kier molecular flexibility index (Phi) is 4.53. The molecule has 0 aliphatic carbocycles. The summed E-state index contributed by atoms with van der Waals surface area (Å²) < 4.78 is 1.84. The van der Waals surface area contributed by atoms with Crippen LogP contribution in [0, 0.1) is 0 Å². The zero-order valence-corrected chi connectivity index (χ0v) is 12.3. The number of hydrogen-bond donors (Lipinski definition) is 2. The van der Waals surface area contributed by atoms with Gasteiger partial charge in [0.2, 0.25) is 0 Å². The van der Waals surface area contributed by atoms with Crippen molar-refractivity contribution in [3.63, 3.8) is 0 Å². The van der Waals surface area contributed by atoms with Gasteiger partial charge in [0.1, 0.15) is 0 Å². The fraction of sp³-hybridized carbons (Fsp3) is 0.562. The molecular weight excluding hydrogens is 266 g/mol. The van der Waals surface area contributed by atoms with Gasteiger partial charge in [0.15, 0.2) is 0 Å². The number of pyridine rings is 1. The molecule has 1 unspecified atom stereocenters. The highest BCUT2D eigenvalue weighted by molar-refractivity contribution is 5.60. The molecule has 3 heterocycles. The molecule has 0 radical (unpaired) electrons. The Balaban J connectivity index is 1.88.